The molecule has 1 rings (SSSR count). The highest BCUT2D eigenvalue weighted by molar-refractivity contribution is 5.95. The fraction of sp³-hybridized carbons (Fsp3) is 0.667. The van der Waals surface area contributed by atoms with E-state index in [9.17, 15) is 9.90 Å². The van der Waals surface area contributed by atoms with Crippen LogP contribution in [0.1, 0.15) is 87.1 Å². The second-order valence-electron chi connectivity index (χ2n) is 6.72. The van der Waals surface area contributed by atoms with E-state index in [0.29, 0.717) is 11.1 Å². The Bertz CT molecular complexity index is 459. The average Bonchev–Trinajstić information content (AvgIpc) is 2.62. The van der Waals surface area contributed by atoms with Crippen molar-refractivity contribution >= 4 is 5.91 Å². The fourth-order valence-electron chi connectivity index (χ4n) is 3.01. The molecule has 0 aromatic heterocycles. The molecule has 0 aliphatic carbocycles. The lowest BCUT2D eigenvalue weighted by Crippen LogP contribution is -2.28. The lowest BCUT2D eigenvalue weighted by Gasteiger charge is -2.18. The first kappa shape index (κ1) is 20.7. The van der Waals surface area contributed by atoms with Gasteiger partial charge in [0.15, 0.2) is 0 Å². The Kier molecular flexibility index (Phi) is 11.2. The third-order valence-corrected chi connectivity index (χ3v) is 4.61. The zero-order valence-electron chi connectivity index (χ0n) is 15.6. The van der Waals surface area contributed by atoms with Crippen LogP contribution in [0.15, 0.2) is 24.3 Å². The molecule has 3 heteroatoms. The van der Waals surface area contributed by atoms with Gasteiger partial charge < -0.3 is 10.0 Å². The van der Waals surface area contributed by atoms with Crippen LogP contribution < -0.4 is 0 Å². The van der Waals surface area contributed by atoms with Crippen LogP contribution in [-0.2, 0) is 6.61 Å². The minimum Gasteiger partial charge on any atom is -0.392 e. The second kappa shape index (κ2) is 13.0. The minimum atomic E-state index is -0.0893. The van der Waals surface area contributed by atoms with Crippen molar-refractivity contribution in [2.24, 2.45) is 0 Å². The van der Waals surface area contributed by atoms with Gasteiger partial charge in [-0.25, -0.2) is 0 Å². The largest absolute Gasteiger partial charge is 0.392 e. The number of amides is 1. The maximum Gasteiger partial charge on any atom is 0.253 e. The highest BCUT2D eigenvalue weighted by Gasteiger charge is 2.14. The monoisotopic (exact) mass is 333 g/mol. The summed E-state index contributed by atoms with van der Waals surface area (Å²) in [6.07, 6.45) is 13.0. The Morgan fingerprint density at radius 1 is 0.917 bits per heavy atom. The normalized spacial score (nSPS) is 10.8. The molecule has 3 nitrogen and oxygen atoms in total. The van der Waals surface area contributed by atoms with Gasteiger partial charge in [-0.15, -0.1) is 0 Å². The van der Waals surface area contributed by atoms with Crippen molar-refractivity contribution in [3.63, 3.8) is 0 Å². The van der Waals surface area contributed by atoms with Crippen molar-refractivity contribution in [2.75, 3.05) is 13.6 Å². The number of nitrogens with zero attached hydrogens (tertiary/aromatic N) is 1. The summed E-state index contributed by atoms with van der Waals surface area (Å²) in [5.74, 6) is 0.00979. The van der Waals surface area contributed by atoms with Crippen molar-refractivity contribution in [1.82, 2.24) is 4.90 Å². The SMILES string of the molecule is CCCCCCCCCCCCN(C)C(=O)c1ccccc1CO. The molecule has 1 N–H and O–H groups in total. The molecule has 0 radical (unpaired) electrons. The molecular weight excluding hydrogens is 298 g/mol. The summed E-state index contributed by atoms with van der Waals surface area (Å²) in [5.41, 5.74) is 1.33. The van der Waals surface area contributed by atoms with Crippen molar-refractivity contribution in [3.05, 3.63) is 35.4 Å². The molecule has 1 aromatic rings. The molecule has 0 aliphatic rings. The number of carbonyl (C=O) groups is 1. The lowest BCUT2D eigenvalue weighted by atomic mass is 10.1. The summed E-state index contributed by atoms with van der Waals surface area (Å²) in [6, 6.07) is 7.30. The van der Waals surface area contributed by atoms with Gasteiger partial charge >= 0.3 is 0 Å². The molecule has 24 heavy (non-hydrogen) atoms. The summed E-state index contributed by atoms with van der Waals surface area (Å²) < 4.78 is 0. The number of hydrogen-bond donors (Lipinski definition) is 1. The maximum absolute atomic E-state index is 12.4. The van der Waals surface area contributed by atoms with Crippen LogP contribution in [0.3, 0.4) is 0 Å². The Morgan fingerprint density at radius 2 is 1.46 bits per heavy atom. The Morgan fingerprint density at radius 3 is 2.04 bits per heavy atom. The number of aliphatic hydroxyl groups excluding tert-OH is 1. The first-order valence-electron chi connectivity index (χ1n) is 9.65. The molecule has 1 amide bonds. The topological polar surface area (TPSA) is 40.5 Å². The number of benzene rings is 1. The van der Waals surface area contributed by atoms with Crippen molar-refractivity contribution in [3.8, 4) is 0 Å². The molecule has 0 unspecified atom stereocenters. The number of carbonyl (C=O) groups excluding carboxylic acids is 1. The number of rotatable bonds is 13. The zero-order chi connectivity index (χ0) is 17.6. The van der Waals surface area contributed by atoms with E-state index < -0.39 is 0 Å². The van der Waals surface area contributed by atoms with Crippen LogP contribution in [-0.4, -0.2) is 29.5 Å². The van der Waals surface area contributed by atoms with E-state index in [1.807, 2.05) is 25.2 Å². The quantitative estimate of drug-likeness (QED) is 0.506. The first-order chi connectivity index (χ1) is 11.7. The van der Waals surface area contributed by atoms with Gasteiger partial charge in [0, 0.05) is 19.2 Å². The second-order valence-corrected chi connectivity index (χ2v) is 6.72. The number of hydrogen-bond acceptors (Lipinski definition) is 2. The summed E-state index contributed by atoms with van der Waals surface area (Å²) >= 11 is 0. The molecule has 136 valence electrons. The van der Waals surface area contributed by atoms with Gasteiger partial charge in [0.2, 0.25) is 0 Å². The van der Waals surface area contributed by atoms with E-state index in [1.165, 1.54) is 57.8 Å². The predicted molar refractivity (Wildman–Crippen MR) is 101 cm³/mol. The summed E-state index contributed by atoms with van der Waals surface area (Å²) in [7, 11) is 1.85. The van der Waals surface area contributed by atoms with Crippen molar-refractivity contribution in [1.29, 1.82) is 0 Å². The summed E-state index contributed by atoms with van der Waals surface area (Å²) in [4.78, 5) is 14.2. The van der Waals surface area contributed by atoms with Gasteiger partial charge in [-0.1, -0.05) is 82.9 Å². The van der Waals surface area contributed by atoms with E-state index >= 15 is 0 Å². The van der Waals surface area contributed by atoms with E-state index in [4.69, 9.17) is 0 Å². The molecule has 0 aliphatic heterocycles. The Hall–Kier alpha value is -1.35. The summed E-state index contributed by atoms with van der Waals surface area (Å²) in [6.45, 7) is 2.95. The molecule has 1 aromatic carbocycles. The van der Waals surface area contributed by atoms with E-state index in [0.717, 1.165) is 13.0 Å². The molecule has 0 saturated heterocycles. The smallest absolute Gasteiger partial charge is 0.253 e. The Balaban J connectivity index is 2.13. The van der Waals surface area contributed by atoms with Crippen molar-refractivity contribution in [2.45, 2.75) is 77.7 Å². The molecular formula is C21H35NO2. The van der Waals surface area contributed by atoms with Gasteiger partial charge in [-0.3, -0.25) is 4.79 Å². The van der Waals surface area contributed by atoms with E-state index in [-0.39, 0.29) is 12.5 Å². The highest BCUT2D eigenvalue weighted by atomic mass is 16.3. The van der Waals surface area contributed by atoms with Crippen LogP contribution >= 0.6 is 0 Å². The molecule has 0 atom stereocenters. The average molecular weight is 334 g/mol. The van der Waals surface area contributed by atoms with Crippen LogP contribution in [0.5, 0.6) is 0 Å². The summed E-state index contributed by atoms with van der Waals surface area (Å²) in [5, 5.41) is 9.34. The number of aliphatic hydroxyl groups is 1. The van der Waals surface area contributed by atoms with Gasteiger partial charge in [-0.05, 0) is 18.1 Å². The molecule has 0 fully saturated rings. The minimum absolute atomic E-state index is 0.00979. The van der Waals surface area contributed by atoms with Gasteiger partial charge in [0.1, 0.15) is 0 Å². The standard InChI is InChI=1S/C21H35NO2/c1-3-4-5-6-7-8-9-10-11-14-17-22(2)21(24)20-16-13-12-15-19(20)18-23/h12-13,15-16,23H,3-11,14,17-18H2,1-2H3. The number of unbranched alkanes of at least 4 members (excludes halogenated alkanes) is 9. The predicted octanol–water partition coefficient (Wildman–Crippen LogP) is 5.17. The van der Waals surface area contributed by atoms with E-state index in [2.05, 4.69) is 6.92 Å². The molecule has 0 saturated carbocycles. The molecule has 0 spiro atoms. The van der Waals surface area contributed by atoms with Crippen LogP contribution in [0.25, 0.3) is 0 Å². The molecule has 0 heterocycles. The third-order valence-electron chi connectivity index (χ3n) is 4.61. The van der Waals surface area contributed by atoms with Crippen molar-refractivity contribution < 1.29 is 9.90 Å². The zero-order valence-corrected chi connectivity index (χ0v) is 15.6. The lowest BCUT2D eigenvalue weighted by molar-refractivity contribution is 0.0789. The van der Waals surface area contributed by atoms with Crippen LogP contribution in [0.2, 0.25) is 0 Å². The highest BCUT2D eigenvalue weighted by Crippen LogP contribution is 2.13. The maximum atomic E-state index is 12.4. The Labute approximate surface area is 148 Å². The third kappa shape index (κ3) is 7.96. The fourth-order valence-corrected chi connectivity index (χ4v) is 3.01. The van der Waals surface area contributed by atoms with Crippen LogP contribution in [0, 0.1) is 0 Å². The van der Waals surface area contributed by atoms with E-state index in [1.54, 1.807) is 11.0 Å². The first-order valence-corrected chi connectivity index (χ1v) is 9.65. The van der Waals surface area contributed by atoms with Gasteiger partial charge in [0.05, 0.1) is 6.61 Å². The van der Waals surface area contributed by atoms with Gasteiger partial charge in [-0.2, -0.15) is 0 Å². The van der Waals surface area contributed by atoms with Gasteiger partial charge in [0.25, 0.3) is 5.91 Å². The molecule has 0 bridgehead atoms. The van der Waals surface area contributed by atoms with Crippen LogP contribution in [0.4, 0.5) is 0 Å².